The van der Waals surface area contributed by atoms with Gasteiger partial charge in [0.2, 0.25) is 0 Å². The Bertz CT molecular complexity index is 8150. The minimum Gasteiger partial charge on any atom is -0.508 e. The van der Waals surface area contributed by atoms with Crippen LogP contribution in [0, 0.1) is 27.7 Å². The SMILES string of the molecule is COc1ccc(OC)c(-c2cc(=O)c3cc(N4CCCC4)ccc3[nH]2)c1.COc1ccc(OC)c(-c2cc(=O)c3cc(N4CCOCC4)ccc3[nH]2)c1.Cc1cc(-c2cc(=O)c3cc(N4CCOCC4)ccc3[nH]2)ccc1O.Cc1ccc(-c2cc(=O)c3cc(N(C)C)ccc3[nH]2)cc1.Cc1ccc(-c2cc(=O)c3cc(N4CCCC4)ccc3[nH]2)cc1.Cc1ccc(-c2cc(=O)c3cc(N4CCOCC4)ccc3[nH]2)cc1. The van der Waals surface area contributed by atoms with Gasteiger partial charge in [0.05, 0.1) is 79.5 Å². The van der Waals surface area contributed by atoms with E-state index in [1.165, 1.54) is 42.4 Å². The maximum Gasteiger partial charge on any atom is 0.190 e. The summed E-state index contributed by atoms with van der Waals surface area (Å²) in [5, 5.41) is 14.0. The smallest absolute Gasteiger partial charge is 0.190 e. The minimum absolute atomic E-state index is 0.000306. The molecule has 0 aliphatic carbocycles. The fourth-order valence-corrected chi connectivity index (χ4v) is 19.1. The highest BCUT2D eigenvalue weighted by molar-refractivity contribution is 5.92. The van der Waals surface area contributed by atoms with Crippen LogP contribution < -0.4 is 80.9 Å². The molecule has 0 bridgehead atoms. The van der Waals surface area contributed by atoms with Crippen LogP contribution in [-0.2, 0) is 14.2 Å². The molecule has 0 unspecified atom stereocenters. The lowest BCUT2D eigenvalue weighted by Gasteiger charge is -2.29. The van der Waals surface area contributed by atoms with Gasteiger partial charge in [0.15, 0.2) is 32.6 Å². The third-order valence-electron chi connectivity index (χ3n) is 27.5. The summed E-state index contributed by atoms with van der Waals surface area (Å²) in [5.74, 6) is 3.04. The van der Waals surface area contributed by atoms with Crippen molar-refractivity contribution in [3.63, 3.8) is 0 Å². The van der Waals surface area contributed by atoms with Gasteiger partial charge in [-0.3, -0.25) is 28.8 Å². The summed E-state index contributed by atoms with van der Waals surface area (Å²) in [5.41, 5.74) is 26.4. The molecule has 6 aromatic heterocycles. The predicted octanol–water partition coefficient (Wildman–Crippen LogP) is 20.9. The summed E-state index contributed by atoms with van der Waals surface area (Å²) in [6.45, 7) is 21.7. The van der Waals surface area contributed by atoms with Crippen molar-refractivity contribution in [2.75, 3.05) is 177 Å². The van der Waals surface area contributed by atoms with Gasteiger partial charge in [0.25, 0.3) is 0 Å². The Balaban J connectivity index is 0.000000115. The van der Waals surface area contributed by atoms with Crippen molar-refractivity contribution in [2.24, 2.45) is 0 Å². The van der Waals surface area contributed by atoms with E-state index in [1.54, 1.807) is 70.9 Å². The van der Waals surface area contributed by atoms with Crippen LogP contribution >= 0.6 is 0 Å². The molecular weight excluding hydrogens is 1830 g/mol. The van der Waals surface area contributed by atoms with E-state index in [9.17, 15) is 33.9 Å². The Morgan fingerprint density at radius 2 is 0.527 bits per heavy atom. The first-order valence-corrected chi connectivity index (χ1v) is 49.6. The zero-order chi connectivity index (χ0) is 102. The number of aromatic nitrogens is 6. The molecule has 0 saturated carbocycles. The molecule has 146 heavy (non-hydrogen) atoms. The van der Waals surface area contributed by atoms with Gasteiger partial charge in [-0.25, -0.2) is 0 Å². The molecule has 5 fully saturated rings. The van der Waals surface area contributed by atoms with E-state index in [0.29, 0.717) is 77.0 Å². The maximum absolute atomic E-state index is 12.8. The third kappa shape index (κ3) is 23.2. The summed E-state index contributed by atoms with van der Waals surface area (Å²) < 4.78 is 37.7. The molecule has 746 valence electrons. The van der Waals surface area contributed by atoms with Crippen molar-refractivity contribution < 1.29 is 38.3 Å². The first kappa shape index (κ1) is 99.7. The number of phenols is 1. The molecule has 5 aliphatic heterocycles. The number of pyridine rings is 6. The number of morpholine rings is 3. The topological polar surface area (TPSA) is 301 Å². The van der Waals surface area contributed by atoms with Crippen LogP contribution in [0.5, 0.6) is 28.7 Å². The minimum atomic E-state index is -0.0290. The van der Waals surface area contributed by atoms with Crippen LogP contribution in [0.4, 0.5) is 34.1 Å². The Kier molecular flexibility index (Phi) is 31.0. The number of methoxy groups -OCH3 is 4. The Morgan fingerprint density at radius 1 is 0.267 bits per heavy atom. The lowest BCUT2D eigenvalue weighted by Crippen LogP contribution is -2.36. The molecule has 7 N–H and O–H groups in total. The Hall–Kier alpha value is -16.4. The number of benzene rings is 12. The molecule has 26 nitrogen and oxygen atoms in total. The van der Waals surface area contributed by atoms with Crippen molar-refractivity contribution in [2.45, 2.75) is 53.4 Å². The quantitative estimate of drug-likeness (QED) is 0.0473. The third-order valence-corrected chi connectivity index (χ3v) is 27.5. The summed E-state index contributed by atoms with van der Waals surface area (Å²) in [6.07, 6.45) is 4.90. The number of aryl methyl sites for hydroxylation is 4. The molecule has 18 aromatic rings. The number of nitrogens with one attached hydrogen (secondary N) is 6. The van der Waals surface area contributed by atoms with E-state index in [-0.39, 0.29) is 38.3 Å². The normalized spacial score (nSPS) is 14.0. The molecule has 23 rings (SSSR count). The number of nitrogens with zero attached hydrogens (tertiary/aromatic N) is 6. The number of phenolic OH excluding ortho intramolecular Hbond substituents is 1. The van der Waals surface area contributed by atoms with Crippen molar-refractivity contribution in [1.29, 1.82) is 0 Å². The Morgan fingerprint density at radius 3 is 0.808 bits per heavy atom. The van der Waals surface area contributed by atoms with Crippen LogP contribution in [0.25, 0.3) is 133 Å². The molecule has 12 aromatic carbocycles. The van der Waals surface area contributed by atoms with Crippen LogP contribution in [-0.4, -0.2) is 183 Å². The summed E-state index contributed by atoms with van der Waals surface area (Å²) >= 11 is 0. The van der Waals surface area contributed by atoms with Gasteiger partial charge in [-0.2, -0.15) is 0 Å². The van der Waals surface area contributed by atoms with Crippen molar-refractivity contribution in [1.82, 2.24) is 29.9 Å². The zero-order valence-corrected chi connectivity index (χ0v) is 84.1. The lowest BCUT2D eigenvalue weighted by molar-refractivity contribution is 0.122. The average Bonchev–Trinajstić information content (AvgIpc) is 0.886. The number of fused-ring (bicyclic) bond motifs is 6. The second kappa shape index (κ2) is 45.5. The maximum atomic E-state index is 12.8. The van der Waals surface area contributed by atoms with Crippen molar-refractivity contribution in [3.8, 4) is 96.3 Å². The number of H-pyrrole nitrogens is 6. The first-order chi connectivity index (χ1) is 70.9. The zero-order valence-electron chi connectivity index (χ0n) is 84.1. The number of hydrogen-bond acceptors (Lipinski definition) is 20. The monoisotopic (exact) mass is 1950 g/mol. The van der Waals surface area contributed by atoms with Gasteiger partial charge in [-0.1, -0.05) is 89.5 Å². The molecule has 5 saturated heterocycles. The van der Waals surface area contributed by atoms with Gasteiger partial charge < -0.3 is 97.6 Å². The predicted molar refractivity (Wildman–Crippen MR) is 593 cm³/mol. The van der Waals surface area contributed by atoms with E-state index in [1.807, 2.05) is 214 Å². The largest absolute Gasteiger partial charge is 0.508 e. The van der Waals surface area contributed by atoms with E-state index >= 15 is 0 Å². The van der Waals surface area contributed by atoms with E-state index in [4.69, 9.17) is 33.2 Å². The second-order valence-corrected chi connectivity index (χ2v) is 37.5. The number of hydrogen-bond donors (Lipinski definition) is 7. The van der Waals surface area contributed by atoms with Crippen LogP contribution in [0.2, 0.25) is 0 Å². The number of ether oxygens (including phenoxy) is 7. The molecular formula is C120H122N12O14. The second-order valence-electron chi connectivity index (χ2n) is 37.5. The standard InChI is InChI=1S/C21H22N2O4.C21H22N2O3.C20H20N2O3.C20H20N2O2.C20H20N2O.C18H18N2O/c1-25-15-4-6-21(26-2)17(12-15)19-13-20(24)16-11-14(3-5-18(16)22-19)23-7-9-27-10-8-23;1-25-15-6-8-21(26-2)17(12-15)19-13-20(24)16-11-14(5-7-18(16)22-19)23-9-3-4-10-23;1-13-10-14(2-5-19(13)23)18-12-20(24)16-11-15(3-4-17(16)21-18)22-6-8-25-9-7-22;1-14-2-4-15(5-3-14)19-13-20(23)17-12-16(6-7-18(17)21-19)22-8-10-24-11-9-22;1-14-4-6-15(7-5-14)19-13-20(23)17-12-16(8-9-18(17)21-19)22-10-2-3-11-22;1-12-4-6-13(7-5-12)17-11-18(21)15-10-14(20(2)3)8-9-16(15)19-17/h3-6,11-13H,7-10H2,1-2H3,(H,22,24);5-8,11-13H,3-4,9-10H2,1-2H3,(H,22,24);2-5,10-12,23H,6-9H2,1H3,(H,21,24);2-7,12-13H,8-11H2,1H3,(H,21,23);4-9,12-13H,2-3,10-11H2,1H3,(H,21,23);4-11H,1-3H3,(H,19,21). The van der Waals surface area contributed by atoms with Crippen molar-refractivity contribution in [3.05, 3.63) is 357 Å². The van der Waals surface area contributed by atoms with Gasteiger partial charge in [-0.05, 0) is 245 Å². The van der Waals surface area contributed by atoms with E-state index in [2.05, 4.69) is 118 Å². The van der Waals surface area contributed by atoms with E-state index in [0.717, 1.165) is 224 Å². The molecule has 5 aliphatic rings. The fraction of sp³-hybridized carbons (Fsp3) is 0.250. The lowest BCUT2D eigenvalue weighted by atomic mass is 10.1. The van der Waals surface area contributed by atoms with Crippen LogP contribution in [0.15, 0.2) is 302 Å². The number of aromatic amines is 6. The fourth-order valence-electron chi connectivity index (χ4n) is 19.1. The average molecular weight is 1960 g/mol. The molecule has 0 radical (unpaired) electrons. The van der Waals surface area contributed by atoms with Crippen LogP contribution in [0.1, 0.15) is 47.9 Å². The molecule has 0 atom stereocenters. The van der Waals surface area contributed by atoms with Gasteiger partial charge in [0, 0.05) is 249 Å². The number of aromatic hydroxyl groups is 1. The number of anilines is 6. The Labute approximate surface area is 846 Å². The van der Waals surface area contributed by atoms with E-state index < -0.39 is 0 Å². The van der Waals surface area contributed by atoms with Gasteiger partial charge in [0.1, 0.15) is 28.7 Å². The molecule has 0 spiro atoms. The summed E-state index contributed by atoms with van der Waals surface area (Å²) in [4.78, 5) is 109. The summed E-state index contributed by atoms with van der Waals surface area (Å²) in [6, 6.07) is 87.0. The highest BCUT2D eigenvalue weighted by Crippen LogP contribution is 2.38. The summed E-state index contributed by atoms with van der Waals surface area (Å²) in [7, 11) is 10.4. The van der Waals surface area contributed by atoms with Crippen molar-refractivity contribution >= 4 is 99.5 Å². The highest BCUT2D eigenvalue weighted by Gasteiger charge is 2.23. The molecule has 26 heteroatoms. The van der Waals surface area contributed by atoms with Crippen LogP contribution in [0.3, 0.4) is 0 Å². The number of rotatable bonds is 16. The highest BCUT2D eigenvalue weighted by atomic mass is 16.5. The molecule has 0 amide bonds. The first-order valence-electron chi connectivity index (χ1n) is 49.6. The molecule has 11 heterocycles. The van der Waals surface area contributed by atoms with Gasteiger partial charge in [-0.15, -0.1) is 0 Å². The van der Waals surface area contributed by atoms with Gasteiger partial charge >= 0.3 is 0 Å².